The van der Waals surface area contributed by atoms with E-state index in [1.165, 1.54) is 12.3 Å². The second-order valence-corrected chi connectivity index (χ2v) is 8.01. The van der Waals surface area contributed by atoms with E-state index in [9.17, 15) is 0 Å². The van der Waals surface area contributed by atoms with Crippen LogP contribution in [-0.4, -0.2) is 16.8 Å². The number of allylic oxidation sites excluding steroid dienone is 4. The molecule has 1 aromatic heterocycles. The van der Waals surface area contributed by atoms with Crippen LogP contribution in [0.4, 0.5) is 0 Å². The number of aromatic nitrogens is 1. The molecule has 3 aromatic rings. The number of nitrogens with zero attached hydrogens (tertiary/aromatic N) is 2. The van der Waals surface area contributed by atoms with E-state index < -0.39 is 20.2 Å². The van der Waals surface area contributed by atoms with Crippen molar-refractivity contribution < 1.29 is 33.8 Å². The van der Waals surface area contributed by atoms with Gasteiger partial charge in [-0.05, 0) is 30.1 Å². The molecule has 34 heavy (non-hydrogen) atoms. The number of aryl methyl sites for hydroxylation is 2. The normalized spacial score (nSPS) is 25.2. The maximum absolute atomic E-state index is 8.04. The monoisotopic (exact) mass is 652 g/mol. The first-order valence-corrected chi connectivity index (χ1v) is 10.9. The number of hydrogen-bond acceptors (Lipinski definition) is 2. The van der Waals surface area contributed by atoms with Crippen molar-refractivity contribution in [3.05, 3.63) is 150 Å². The zero-order chi connectivity index (χ0) is 31.9. The Hall–Kier alpha value is -2.65. The van der Waals surface area contributed by atoms with Crippen LogP contribution >= 0.6 is 11.8 Å². The van der Waals surface area contributed by atoms with Gasteiger partial charge in [0.1, 0.15) is 0 Å². The number of hydrogen-bond donors (Lipinski definition) is 0. The van der Waals surface area contributed by atoms with Gasteiger partial charge < -0.3 is 11.0 Å². The van der Waals surface area contributed by atoms with Gasteiger partial charge in [-0.2, -0.15) is 41.9 Å². The molecule has 4 heteroatoms. The first-order chi connectivity index (χ1) is 20.2. The molecule has 0 spiro atoms. The summed E-state index contributed by atoms with van der Waals surface area (Å²) in [6, 6.07) is 19.5. The fourth-order valence-corrected chi connectivity index (χ4v) is 4.45. The van der Waals surface area contributed by atoms with Crippen molar-refractivity contribution in [3.8, 4) is 0 Å². The van der Waals surface area contributed by atoms with Crippen molar-refractivity contribution in [2.45, 2.75) is 29.8 Å². The van der Waals surface area contributed by atoms with E-state index >= 15 is 0 Å². The van der Waals surface area contributed by atoms with Crippen LogP contribution in [0.1, 0.15) is 36.3 Å². The minimum Gasteiger partial charge on any atom is -0.766 e. The van der Waals surface area contributed by atoms with Gasteiger partial charge in [-0.25, -0.2) is 5.57 Å². The second kappa shape index (κ2) is 14.6. The van der Waals surface area contributed by atoms with Crippen molar-refractivity contribution in [1.82, 2.24) is 4.98 Å². The molecule has 0 aliphatic carbocycles. The van der Waals surface area contributed by atoms with E-state index in [1.54, 1.807) is 48.3 Å². The van der Waals surface area contributed by atoms with Crippen LogP contribution in [-0.2, 0) is 20.1 Å². The number of pyridine rings is 1. The molecule has 5 rings (SSSR count). The topological polar surface area (TPSA) is 27.0 Å². The van der Waals surface area contributed by atoms with E-state index in [1.807, 2.05) is 30.3 Å². The summed E-state index contributed by atoms with van der Waals surface area (Å²) in [5.41, 5.74) is 2.29. The molecule has 0 saturated carbocycles. The summed E-state index contributed by atoms with van der Waals surface area (Å²) >= 11 is 1.58. The number of thioether (sulfide) groups is 1. The molecule has 0 bridgehead atoms. The van der Waals surface area contributed by atoms with Gasteiger partial charge in [-0.1, -0.05) is 43.2 Å². The molecule has 2 aliphatic rings. The molecule has 2 aliphatic heterocycles. The van der Waals surface area contributed by atoms with Crippen LogP contribution in [0.15, 0.2) is 120 Å². The Morgan fingerprint density at radius 3 is 2.74 bits per heavy atom. The summed E-state index contributed by atoms with van der Waals surface area (Å²) in [4.78, 5) is 4.80. The molecule has 2 aromatic carbocycles. The minimum atomic E-state index is -2.02. The number of rotatable bonds is 3. The summed E-state index contributed by atoms with van der Waals surface area (Å²) < 4.78 is 73.1. The summed E-state index contributed by atoms with van der Waals surface area (Å²) in [6.07, 6.45) is 4.73. The predicted octanol–water partition coefficient (Wildman–Crippen LogP) is 7.80. The van der Waals surface area contributed by atoms with Crippen molar-refractivity contribution in [2.75, 3.05) is 6.52 Å². The van der Waals surface area contributed by atoms with Gasteiger partial charge >= 0.3 is 20.1 Å². The van der Waals surface area contributed by atoms with Gasteiger partial charge in [-0.3, -0.25) is 11.6 Å². The first-order valence-electron chi connectivity index (χ1n) is 15.1. The van der Waals surface area contributed by atoms with Gasteiger partial charge in [0, 0.05) is 39.4 Å². The molecule has 3 atom stereocenters. The first kappa shape index (κ1) is 16.1. The molecular formula is C30H29IrN2S. The molecule has 0 amide bonds. The average Bonchev–Trinajstić information content (AvgIpc) is 3.37. The molecule has 2 nitrogen and oxygen atoms in total. The quantitative estimate of drug-likeness (QED) is 0.214. The standard InChI is InChI=1S/C17H15NS.C7H7.C6H7N.Ir/c1-3-13-14-8-4-5-10-16(14)19-17(13)12(2)15-9-6-7-11-18-15;1-7-5-3-2-4-6-7;1-6-3-2-4-7-5-6;/h2-10,13,17H,1,11H2;2-3,5-6H,1H3;2-5H,1H3;/q-2;-1;;+3/i6D,7D,9D,11D;2*1D3;. The van der Waals surface area contributed by atoms with Gasteiger partial charge in [-0.15, -0.1) is 30.9 Å². The minimum absolute atomic E-state index is 0. The van der Waals surface area contributed by atoms with Gasteiger partial charge in [0.25, 0.3) is 0 Å². The van der Waals surface area contributed by atoms with Crippen LogP contribution < -0.4 is 0 Å². The molecular weight excluding hydrogens is 613 g/mol. The zero-order valence-corrected chi connectivity index (χ0v) is 21.4. The Morgan fingerprint density at radius 1 is 1.26 bits per heavy atom. The Bertz CT molecular complexity index is 1440. The third kappa shape index (κ3) is 7.99. The van der Waals surface area contributed by atoms with Crippen molar-refractivity contribution in [3.63, 3.8) is 0 Å². The SMILES string of the molecule is [2H]C([2H])([2H])c1c[c-]ccc1.[2H]C([2H])([2H])c1cccnc1.[2H]C1=C(C(=[CH-])C2Sc3ccccc3C2C=C)[N-]C([2H])C([2H])=C1[2H].[Ir+3]. The molecule has 0 N–H and O–H groups in total. The van der Waals surface area contributed by atoms with Crippen LogP contribution in [0, 0.1) is 26.3 Å². The van der Waals surface area contributed by atoms with E-state index in [0.717, 1.165) is 10.5 Å². The largest absolute Gasteiger partial charge is 3.00 e. The van der Waals surface area contributed by atoms with E-state index in [2.05, 4.69) is 22.9 Å². The molecule has 0 saturated heterocycles. The molecule has 3 unspecified atom stereocenters. The fraction of sp³-hybridized carbons (Fsp3) is 0.167. The maximum Gasteiger partial charge on any atom is 3.00 e. The predicted molar refractivity (Wildman–Crippen MR) is 141 cm³/mol. The van der Waals surface area contributed by atoms with Crippen molar-refractivity contribution in [1.29, 1.82) is 0 Å². The summed E-state index contributed by atoms with van der Waals surface area (Å²) in [5, 5.41) is 3.88. The Balaban J connectivity index is 0.000000267. The van der Waals surface area contributed by atoms with E-state index in [4.69, 9.17) is 20.3 Å². The zero-order valence-electron chi connectivity index (χ0n) is 28.2. The Labute approximate surface area is 236 Å². The van der Waals surface area contributed by atoms with Gasteiger partial charge in [0.2, 0.25) is 0 Å². The molecule has 0 radical (unpaired) electrons. The van der Waals surface area contributed by atoms with Crippen molar-refractivity contribution in [2.24, 2.45) is 0 Å². The Morgan fingerprint density at radius 2 is 2.09 bits per heavy atom. The van der Waals surface area contributed by atoms with Crippen LogP contribution in [0.3, 0.4) is 0 Å². The van der Waals surface area contributed by atoms with Crippen LogP contribution in [0.2, 0.25) is 0 Å². The van der Waals surface area contributed by atoms with Crippen LogP contribution in [0.25, 0.3) is 5.32 Å². The summed E-state index contributed by atoms with van der Waals surface area (Å²) in [7, 11) is 0. The van der Waals surface area contributed by atoms with Crippen molar-refractivity contribution >= 4 is 11.8 Å². The second-order valence-electron chi connectivity index (χ2n) is 6.83. The van der Waals surface area contributed by atoms with Crippen LogP contribution in [0.5, 0.6) is 0 Å². The molecule has 0 fully saturated rings. The fourth-order valence-electron chi connectivity index (χ4n) is 3.04. The van der Waals surface area contributed by atoms with E-state index in [0.29, 0.717) is 11.1 Å². The molecule has 174 valence electrons. The summed E-state index contributed by atoms with van der Waals surface area (Å²) in [5.74, 6) is -0.00792. The summed E-state index contributed by atoms with van der Waals surface area (Å²) in [6.45, 7) is 4.98. The number of benzene rings is 2. The third-order valence-corrected chi connectivity index (χ3v) is 6.00. The van der Waals surface area contributed by atoms with Gasteiger partial charge in [0.15, 0.2) is 0 Å². The Kier molecular flexibility index (Phi) is 6.90. The van der Waals surface area contributed by atoms with E-state index in [-0.39, 0.29) is 60.7 Å². The van der Waals surface area contributed by atoms with Gasteiger partial charge in [0.05, 0.1) is 2.74 Å². The molecule has 3 heterocycles. The maximum atomic E-state index is 8.04. The average molecular weight is 652 g/mol. The third-order valence-electron chi connectivity index (χ3n) is 4.57. The number of fused-ring (bicyclic) bond motifs is 1. The smallest absolute Gasteiger partial charge is 0.766 e.